The SMILES string of the molecule is CCOC(=O)c1[nH]c(C)c(C(=O)OCC(=O)c2cccc(Br)c2)c1C. The summed E-state index contributed by atoms with van der Waals surface area (Å²) in [5.74, 6) is -1.51. The first-order valence-electron chi connectivity index (χ1n) is 7.67. The number of benzene rings is 1. The number of rotatable bonds is 6. The molecule has 0 unspecified atom stereocenters. The molecule has 0 radical (unpaired) electrons. The van der Waals surface area contributed by atoms with Crippen molar-refractivity contribution in [3.63, 3.8) is 0 Å². The molecular weight excluding hydrogens is 390 g/mol. The maximum atomic E-state index is 12.3. The highest BCUT2D eigenvalue weighted by atomic mass is 79.9. The van der Waals surface area contributed by atoms with Crippen LogP contribution in [0.3, 0.4) is 0 Å². The Labute approximate surface area is 153 Å². The van der Waals surface area contributed by atoms with Gasteiger partial charge >= 0.3 is 11.9 Å². The lowest BCUT2D eigenvalue weighted by molar-refractivity contribution is 0.0473. The fourth-order valence-electron chi connectivity index (χ4n) is 2.41. The van der Waals surface area contributed by atoms with Crippen molar-refractivity contribution >= 4 is 33.7 Å². The number of hydrogen-bond acceptors (Lipinski definition) is 5. The number of aromatic nitrogens is 1. The molecule has 0 saturated heterocycles. The van der Waals surface area contributed by atoms with Crippen molar-refractivity contribution in [2.45, 2.75) is 20.8 Å². The molecule has 132 valence electrons. The second-order valence-electron chi connectivity index (χ2n) is 5.36. The van der Waals surface area contributed by atoms with Crippen molar-refractivity contribution in [1.29, 1.82) is 0 Å². The predicted molar refractivity (Wildman–Crippen MR) is 95.0 cm³/mol. The topological polar surface area (TPSA) is 85.5 Å². The Hall–Kier alpha value is -2.41. The van der Waals surface area contributed by atoms with Crippen LogP contribution >= 0.6 is 15.9 Å². The third kappa shape index (κ3) is 4.36. The quantitative estimate of drug-likeness (QED) is 0.583. The number of nitrogens with one attached hydrogen (secondary N) is 1. The number of hydrogen-bond donors (Lipinski definition) is 1. The average Bonchev–Trinajstić information content (AvgIpc) is 2.87. The summed E-state index contributed by atoms with van der Waals surface area (Å²) in [6, 6.07) is 6.83. The fourth-order valence-corrected chi connectivity index (χ4v) is 2.81. The van der Waals surface area contributed by atoms with E-state index in [4.69, 9.17) is 9.47 Å². The lowest BCUT2D eigenvalue weighted by atomic mass is 10.1. The molecule has 0 fully saturated rings. The molecule has 0 spiro atoms. The van der Waals surface area contributed by atoms with Crippen molar-refractivity contribution in [1.82, 2.24) is 4.98 Å². The Morgan fingerprint density at radius 2 is 1.84 bits per heavy atom. The molecule has 1 aromatic carbocycles. The monoisotopic (exact) mass is 407 g/mol. The molecule has 1 N–H and O–H groups in total. The molecular formula is C18H18BrNO5. The van der Waals surface area contributed by atoms with Crippen LogP contribution in [-0.2, 0) is 9.47 Å². The number of H-pyrrole nitrogens is 1. The van der Waals surface area contributed by atoms with Crippen LogP contribution in [0.2, 0.25) is 0 Å². The van der Waals surface area contributed by atoms with Crippen molar-refractivity contribution in [3.8, 4) is 0 Å². The van der Waals surface area contributed by atoms with Crippen LogP contribution in [0.1, 0.15) is 49.4 Å². The molecule has 25 heavy (non-hydrogen) atoms. The number of Topliss-reactive ketones (excluding diaryl/α,β-unsaturated/α-hetero) is 1. The summed E-state index contributed by atoms with van der Waals surface area (Å²) in [5, 5.41) is 0. The second-order valence-corrected chi connectivity index (χ2v) is 6.27. The molecule has 1 aromatic heterocycles. The van der Waals surface area contributed by atoms with Crippen molar-refractivity contribution in [3.05, 3.63) is 56.8 Å². The minimum Gasteiger partial charge on any atom is -0.461 e. The minimum atomic E-state index is -0.662. The molecule has 0 aliphatic rings. The smallest absolute Gasteiger partial charge is 0.355 e. The highest BCUT2D eigenvalue weighted by molar-refractivity contribution is 9.10. The average molecular weight is 408 g/mol. The second kappa shape index (κ2) is 8.11. The number of carbonyl (C=O) groups excluding carboxylic acids is 3. The zero-order valence-electron chi connectivity index (χ0n) is 14.1. The van der Waals surface area contributed by atoms with Gasteiger partial charge in [-0.2, -0.15) is 0 Å². The largest absolute Gasteiger partial charge is 0.461 e. The van der Waals surface area contributed by atoms with Crippen LogP contribution in [0.25, 0.3) is 0 Å². The number of aromatic amines is 1. The first-order chi connectivity index (χ1) is 11.8. The normalized spacial score (nSPS) is 10.4. The van der Waals surface area contributed by atoms with Gasteiger partial charge < -0.3 is 14.5 Å². The summed E-state index contributed by atoms with van der Waals surface area (Å²) >= 11 is 3.29. The zero-order valence-corrected chi connectivity index (χ0v) is 15.7. The van der Waals surface area contributed by atoms with E-state index in [1.807, 2.05) is 0 Å². The van der Waals surface area contributed by atoms with E-state index >= 15 is 0 Å². The lowest BCUT2D eigenvalue weighted by Gasteiger charge is -2.06. The zero-order chi connectivity index (χ0) is 18.6. The Kier molecular flexibility index (Phi) is 6.14. The van der Waals surface area contributed by atoms with E-state index in [1.165, 1.54) is 0 Å². The fraction of sp³-hybridized carbons (Fsp3) is 0.278. The summed E-state index contributed by atoms with van der Waals surface area (Å²) in [5.41, 5.74) is 1.82. The summed E-state index contributed by atoms with van der Waals surface area (Å²) in [4.78, 5) is 39.2. The Bertz CT molecular complexity index is 825. The number of carbonyl (C=O) groups is 3. The molecule has 0 amide bonds. The predicted octanol–water partition coefficient (Wildman–Crippen LogP) is 3.61. The van der Waals surface area contributed by atoms with Gasteiger partial charge in [-0.15, -0.1) is 0 Å². The van der Waals surface area contributed by atoms with Crippen LogP contribution in [0.15, 0.2) is 28.7 Å². The number of ketones is 1. The van der Waals surface area contributed by atoms with Gasteiger partial charge in [0.15, 0.2) is 12.4 Å². The van der Waals surface area contributed by atoms with Crippen molar-refractivity contribution in [2.24, 2.45) is 0 Å². The first kappa shape index (κ1) is 18.9. The van der Waals surface area contributed by atoms with Crippen molar-refractivity contribution in [2.75, 3.05) is 13.2 Å². The summed E-state index contributed by atoms with van der Waals surface area (Å²) in [6.45, 7) is 4.84. The molecule has 2 aromatic rings. The molecule has 0 aliphatic carbocycles. The van der Waals surface area contributed by atoms with Gasteiger partial charge in [-0.1, -0.05) is 28.1 Å². The van der Waals surface area contributed by atoms with E-state index in [2.05, 4.69) is 20.9 Å². The Balaban J connectivity index is 2.11. The summed E-state index contributed by atoms with van der Waals surface area (Å²) in [7, 11) is 0. The maximum absolute atomic E-state index is 12.3. The van der Waals surface area contributed by atoms with Gasteiger partial charge in [-0.3, -0.25) is 4.79 Å². The Morgan fingerprint density at radius 1 is 1.12 bits per heavy atom. The van der Waals surface area contributed by atoms with Crippen LogP contribution in [0.5, 0.6) is 0 Å². The molecule has 0 atom stereocenters. The summed E-state index contributed by atoms with van der Waals surface area (Å²) in [6.07, 6.45) is 0. The highest BCUT2D eigenvalue weighted by Crippen LogP contribution is 2.20. The highest BCUT2D eigenvalue weighted by Gasteiger charge is 2.24. The van der Waals surface area contributed by atoms with Gasteiger partial charge in [-0.25, -0.2) is 9.59 Å². The molecule has 0 aliphatic heterocycles. The van der Waals surface area contributed by atoms with Gasteiger partial charge in [0.2, 0.25) is 0 Å². The van der Waals surface area contributed by atoms with E-state index in [9.17, 15) is 14.4 Å². The summed E-state index contributed by atoms with van der Waals surface area (Å²) < 4.78 is 10.8. The van der Waals surface area contributed by atoms with Gasteiger partial charge in [0.05, 0.1) is 12.2 Å². The van der Waals surface area contributed by atoms with E-state index in [0.717, 1.165) is 4.47 Å². The van der Waals surface area contributed by atoms with Crippen LogP contribution in [-0.4, -0.2) is 35.9 Å². The number of esters is 2. The van der Waals surface area contributed by atoms with E-state index < -0.39 is 11.9 Å². The van der Waals surface area contributed by atoms with Crippen LogP contribution < -0.4 is 0 Å². The molecule has 0 saturated carbocycles. The van der Waals surface area contributed by atoms with Gasteiger partial charge in [0, 0.05) is 15.7 Å². The molecule has 7 heteroatoms. The lowest BCUT2D eigenvalue weighted by Crippen LogP contribution is -2.15. The third-order valence-corrected chi connectivity index (χ3v) is 4.10. The number of ether oxygens (including phenoxy) is 2. The van der Waals surface area contributed by atoms with Gasteiger partial charge in [0.25, 0.3) is 0 Å². The van der Waals surface area contributed by atoms with E-state index in [0.29, 0.717) is 16.8 Å². The number of halogens is 1. The molecule has 0 bridgehead atoms. The van der Waals surface area contributed by atoms with Crippen LogP contribution in [0.4, 0.5) is 0 Å². The molecule has 6 nitrogen and oxygen atoms in total. The van der Waals surface area contributed by atoms with E-state index in [1.54, 1.807) is 45.0 Å². The van der Waals surface area contributed by atoms with Crippen molar-refractivity contribution < 1.29 is 23.9 Å². The first-order valence-corrected chi connectivity index (χ1v) is 8.46. The Morgan fingerprint density at radius 3 is 2.48 bits per heavy atom. The third-order valence-electron chi connectivity index (χ3n) is 3.60. The van der Waals surface area contributed by atoms with Gasteiger partial charge in [-0.05, 0) is 38.5 Å². The molecule has 1 heterocycles. The standard InChI is InChI=1S/C18H18BrNO5/c1-4-24-18(23)16-10(2)15(11(3)20-16)17(22)25-9-14(21)12-6-5-7-13(19)8-12/h5-8,20H,4,9H2,1-3H3. The minimum absolute atomic E-state index is 0.213. The molecule has 2 rings (SSSR count). The van der Waals surface area contributed by atoms with Crippen LogP contribution in [0, 0.1) is 13.8 Å². The maximum Gasteiger partial charge on any atom is 0.355 e. The number of aryl methyl sites for hydroxylation is 1. The van der Waals surface area contributed by atoms with Gasteiger partial charge in [0.1, 0.15) is 5.69 Å². The van der Waals surface area contributed by atoms with E-state index in [-0.39, 0.29) is 30.3 Å².